The van der Waals surface area contributed by atoms with Crippen LogP contribution in [-0.2, 0) is 21.4 Å². The van der Waals surface area contributed by atoms with E-state index in [4.69, 9.17) is 11.6 Å². The van der Waals surface area contributed by atoms with E-state index in [1.165, 1.54) is 31.2 Å². The molecule has 128 valence electrons. The molecule has 1 N–H and O–H groups in total. The molecule has 0 aliphatic heterocycles. The van der Waals surface area contributed by atoms with Crippen LogP contribution in [0.4, 0.5) is 0 Å². The first kappa shape index (κ1) is 18.4. The molecule has 0 bridgehead atoms. The first-order valence-electron chi connectivity index (χ1n) is 7.43. The molecule has 0 saturated heterocycles. The van der Waals surface area contributed by atoms with Gasteiger partial charge in [0.25, 0.3) is 0 Å². The lowest BCUT2D eigenvalue weighted by atomic mass is 10.2. The van der Waals surface area contributed by atoms with E-state index < -0.39 is 10.0 Å². The molecule has 7 heteroatoms. The van der Waals surface area contributed by atoms with Gasteiger partial charge in [0.15, 0.2) is 0 Å². The van der Waals surface area contributed by atoms with E-state index in [1.807, 2.05) is 30.3 Å². The second-order valence-corrected chi connectivity index (χ2v) is 7.48. The zero-order valence-electron chi connectivity index (χ0n) is 13.3. The molecule has 0 spiro atoms. The number of amides is 1. The van der Waals surface area contributed by atoms with Crippen LogP contribution in [0.1, 0.15) is 12.5 Å². The van der Waals surface area contributed by atoms with Gasteiger partial charge < -0.3 is 4.90 Å². The summed E-state index contributed by atoms with van der Waals surface area (Å²) >= 11 is 5.76. The Hall–Kier alpha value is -1.89. The second-order valence-electron chi connectivity index (χ2n) is 5.28. The van der Waals surface area contributed by atoms with Crippen LogP contribution in [0.2, 0.25) is 5.02 Å². The quantitative estimate of drug-likeness (QED) is 0.819. The number of rotatable bonds is 7. The summed E-state index contributed by atoms with van der Waals surface area (Å²) in [5.74, 6) is -0.107. The van der Waals surface area contributed by atoms with Crippen molar-refractivity contribution in [3.05, 3.63) is 65.2 Å². The molecule has 0 fully saturated rings. The van der Waals surface area contributed by atoms with Crippen LogP contribution in [0.3, 0.4) is 0 Å². The lowest BCUT2D eigenvalue weighted by Crippen LogP contribution is -2.37. The molecule has 2 rings (SSSR count). The molecule has 0 aliphatic rings. The molecule has 0 atom stereocenters. The Morgan fingerprint density at radius 1 is 1.08 bits per heavy atom. The SMILES string of the molecule is CC(=O)N(CCNS(=O)(=O)c1ccc(Cl)cc1)Cc1ccccc1. The van der Waals surface area contributed by atoms with Crippen molar-refractivity contribution in [2.75, 3.05) is 13.1 Å². The van der Waals surface area contributed by atoms with E-state index in [9.17, 15) is 13.2 Å². The summed E-state index contributed by atoms with van der Waals surface area (Å²) in [6.45, 7) is 2.34. The fourth-order valence-electron chi connectivity index (χ4n) is 2.16. The summed E-state index contributed by atoms with van der Waals surface area (Å²) in [7, 11) is -3.62. The maximum absolute atomic E-state index is 12.2. The van der Waals surface area contributed by atoms with Crippen molar-refractivity contribution in [2.45, 2.75) is 18.4 Å². The van der Waals surface area contributed by atoms with Gasteiger partial charge in [0.05, 0.1) is 4.90 Å². The first-order chi connectivity index (χ1) is 11.4. The molecule has 0 saturated carbocycles. The Labute approximate surface area is 147 Å². The number of sulfonamides is 1. The van der Waals surface area contributed by atoms with Crippen LogP contribution < -0.4 is 4.72 Å². The third-order valence-electron chi connectivity index (χ3n) is 3.46. The van der Waals surface area contributed by atoms with Crippen molar-refractivity contribution in [1.29, 1.82) is 0 Å². The molecule has 2 aromatic rings. The fraction of sp³-hybridized carbons (Fsp3) is 0.235. The Balaban J connectivity index is 1.95. The number of hydrogen-bond acceptors (Lipinski definition) is 3. The van der Waals surface area contributed by atoms with Gasteiger partial charge in [-0.1, -0.05) is 41.9 Å². The van der Waals surface area contributed by atoms with Crippen LogP contribution >= 0.6 is 11.6 Å². The summed E-state index contributed by atoms with van der Waals surface area (Å²) in [6, 6.07) is 15.5. The lowest BCUT2D eigenvalue weighted by Gasteiger charge is -2.21. The molecule has 0 heterocycles. The Kier molecular flexibility index (Phi) is 6.36. The Morgan fingerprint density at radius 3 is 2.29 bits per heavy atom. The number of benzene rings is 2. The highest BCUT2D eigenvalue weighted by Crippen LogP contribution is 2.13. The van der Waals surface area contributed by atoms with Crippen molar-refractivity contribution in [2.24, 2.45) is 0 Å². The van der Waals surface area contributed by atoms with Gasteiger partial charge in [-0.15, -0.1) is 0 Å². The summed E-state index contributed by atoms with van der Waals surface area (Å²) in [5, 5.41) is 0.472. The van der Waals surface area contributed by atoms with Crippen LogP contribution in [0.5, 0.6) is 0 Å². The minimum atomic E-state index is -3.62. The van der Waals surface area contributed by atoms with E-state index in [0.29, 0.717) is 11.6 Å². The van der Waals surface area contributed by atoms with E-state index in [1.54, 1.807) is 4.90 Å². The molecule has 24 heavy (non-hydrogen) atoms. The van der Waals surface area contributed by atoms with Crippen molar-refractivity contribution >= 4 is 27.5 Å². The fourth-order valence-corrected chi connectivity index (χ4v) is 3.31. The monoisotopic (exact) mass is 366 g/mol. The van der Waals surface area contributed by atoms with Crippen LogP contribution in [0, 0.1) is 0 Å². The second kappa shape index (κ2) is 8.28. The molecule has 1 amide bonds. The van der Waals surface area contributed by atoms with E-state index in [-0.39, 0.29) is 23.9 Å². The molecule has 0 aliphatic carbocycles. The predicted octanol–water partition coefficient (Wildman–Crippen LogP) is 2.67. The highest BCUT2D eigenvalue weighted by atomic mass is 35.5. The average Bonchev–Trinajstić information content (AvgIpc) is 2.55. The lowest BCUT2D eigenvalue weighted by molar-refractivity contribution is -0.129. The summed E-state index contributed by atoms with van der Waals surface area (Å²) in [5.41, 5.74) is 0.994. The summed E-state index contributed by atoms with van der Waals surface area (Å²) < 4.78 is 26.9. The van der Waals surface area contributed by atoms with Crippen LogP contribution in [0.25, 0.3) is 0 Å². The van der Waals surface area contributed by atoms with Crippen molar-refractivity contribution in [3.8, 4) is 0 Å². The number of hydrogen-bond donors (Lipinski definition) is 1. The number of carbonyl (C=O) groups excluding carboxylic acids is 1. The smallest absolute Gasteiger partial charge is 0.240 e. The third-order valence-corrected chi connectivity index (χ3v) is 5.19. The predicted molar refractivity (Wildman–Crippen MR) is 94.2 cm³/mol. The molecule has 0 unspecified atom stereocenters. The number of carbonyl (C=O) groups is 1. The first-order valence-corrected chi connectivity index (χ1v) is 9.29. The standard InChI is InChI=1S/C17H19ClN2O3S/c1-14(21)20(13-15-5-3-2-4-6-15)12-11-19-24(22,23)17-9-7-16(18)8-10-17/h2-10,19H,11-13H2,1H3. The van der Waals surface area contributed by atoms with Gasteiger partial charge in [-0.05, 0) is 29.8 Å². The largest absolute Gasteiger partial charge is 0.337 e. The molecule has 0 radical (unpaired) electrons. The minimum Gasteiger partial charge on any atom is -0.337 e. The molecule has 5 nitrogen and oxygen atoms in total. The van der Waals surface area contributed by atoms with Gasteiger partial charge in [0.2, 0.25) is 15.9 Å². The van der Waals surface area contributed by atoms with Crippen LogP contribution in [0.15, 0.2) is 59.5 Å². The topological polar surface area (TPSA) is 66.5 Å². The average molecular weight is 367 g/mol. The summed E-state index contributed by atoms with van der Waals surface area (Å²) in [4.78, 5) is 13.5. The molecular weight excluding hydrogens is 348 g/mol. The highest BCUT2D eigenvalue weighted by molar-refractivity contribution is 7.89. The maximum atomic E-state index is 12.2. The zero-order chi connectivity index (χ0) is 17.6. The molecule has 0 aromatic heterocycles. The molecular formula is C17H19ClN2O3S. The van der Waals surface area contributed by atoms with Gasteiger partial charge >= 0.3 is 0 Å². The van der Waals surface area contributed by atoms with Crippen LogP contribution in [-0.4, -0.2) is 32.3 Å². The highest BCUT2D eigenvalue weighted by Gasteiger charge is 2.15. The Bertz CT molecular complexity index is 777. The van der Waals surface area contributed by atoms with Gasteiger partial charge in [-0.3, -0.25) is 4.79 Å². The summed E-state index contributed by atoms with van der Waals surface area (Å²) in [6.07, 6.45) is 0. The van der Waals surface area contributed by atoms with Gasteiger partial charge in [-0.25, -0.2) is 13.1 Å². The number of nitrogens with one attached hydrogen (secondary N) is 1. The van der Waals surface area contributed by atoms with Crippen molar-refractivity contribution in [3.63, 3.8) is 0 Å². The minimum absolute atomic E-state index is 0.107. The van der Waals surface area contributed by atoms with Crippen molar-refractivity contribution < 1.29 is 13.2 Å². The van der Waals surface area contributed by atoms with Gasteiger partial charge in [0, 0.05) is 31.6 Å². The van der Waals surface area contributed by atoms with E-state index >= 15 is 0 Å². The maximum Gasteiger partial charge on any atom is 0.240 e. The number of halogens is 1. The molecule has 2 aromatic carbocycles. The third kappa shape index (κ3) is 5.33. The van der Waals surface area contributed by atoms with Gasteiger partial charge in [0.1, 0.15) is 0 Å². The zero-order valence-corrected chi connectivity index (χ0v) is 14.8. The van der Waals surface area contributed by atoms with Gasteiger partial charge in [-0.2, -0.15) is 0 Å². The van der Waals surface area contributed by atoms with E-state index in [2.05, 4.69) is 4.72 Å². The van der Waals surface area contributed by atoms with Crippen molar-refractivity contribution in [1.82, 2.24) is 9.62 Å². The normalized spacial score (nSPS) is 11.2. The van der Waals surface area contributed by atoms with E-state index in [0.717, 1.165) is 5.56 Å². The number of nitrogens with zero attached hydrogens (tertiary/aromatic N) is 1. The Morgan fingerprint density at radius 2 is 1.71 bits per heavy atom.